The number of nitro groups is 1. The summed E-state index contributed by atoms with van der Waals surface area (Å²) in [6.07, 6.45) is -2.91. The lowest BCUT2D eigenvalue weighted by Crippen LogP contribution is -2.42. The molecule has 2 heterocycles. The summed E-state index contributed by atoms with van der Waals surface area (Å²) in [5.74, 6) is -0.881. The number of aryl methyl sites for hydroxylation is 1. The van der Waals surface area contributed by atoms with Crippen LogP contribution in [0.1, 0.15) is 37.9 Å². The van der Waals surface area contributed by atoms with E-state index >= 15 is 0 Å². The standard InChI is InChI=1S/C18H19ClF3N7O3/c1-9-13(29(30)31)15(28(27-9)17(2,3)8-23)32-7-10-4-5-12(10)25-14-11(18(20,21)22)6-24-16(19)26-14/h6,10,12H,4-5,7H2,1-3H3,(H,24,25,26)/t10-,12+/m0/s1. The smallest absolute Gasteiger partial charge is 0.421 e. The zero-order chi connectivity index (χ0) is 23.8. The molecule has 0 unspecified atom stereocenters. The first-order chi connectivity index (χ1) is 14.8. The van der Waals surface area contributed by atoms with Crippen molar-refractivity contribution < 1.29 is 22.8 Å². The predicted molar refractivity (Wildman–Crippen MR) is 106 cm³/mol. The van der Waals surface area contributed by atoms with Crippen molar-refractivity contribution in [1.82, 2.24) is 19.7 Å². The van der Waals surface area contributed by atoms with Crippen molar-refractivity contribution >= 4 is 23.1 Å². The highest BCUT2D eigenvalue weighted by molar-refractivity contribution is 6.28. The highest BCUT2D eigenvalue weighted by atomic mass is 35.5. The van der Waals surface area contributed by atoms with E-state index in [2.05, 4.69) is 20.4 Å². The van der Waals surface area contributed by atoms with Gasteiger partial charge >= 0.3 is 11.9 Å². The molecule has 0 spiro atoms. The fourth-order valence-electron chi connectivity index (χ4n) is 3.26. The second-order valence-corrected chi connectivity index (χ2v) is 8.22. The van der Waals surface area contributed by atoms with E-state index in [4.69, 9.17) is 16.3 Å². The Bertz CT molecular complexity index is 1080. The molecule has 1 saturated carbocycles. The molecule has 1 aliphatic rings. The minimum absolute atomic E-state index is 0.0364. The van der Waals surface area contributed by atoms with Crippen molar-refractivity contribution in [2.75, 3.05) is 11.9 Å². The number of nitrogens with one attached hydrogen (secondary N) is 1. The fourth-order valence-corrected chi connectivity index (χ4v) is 3.39. The van der Waals surface area contributed by atoms with Crippen LogP contribution in [0.5, 0.6) is 5.88 Å². The molecule has 2 aromatic rings. The summed E-state index contributed by atoms with van der Waals surface area (Å²) in [6.45, 7) is 4.45. The van der Waals surface area contributed by atoms with Crippen LogP contribution in [0.15, 0.2) is 6.20 Å². The van der Waals surface area contributed by atoms with Gasteiger partial charge in [-0.15, -0.1) is 0 Å². The van der Waals surface area contributed by atoms with Crippen molar-refractivity contribution in [3.8, 4) is 11.9 Å². The van der Waals surface area contributed by atoms with E-state index in [1.54, 1.807) is 0 Å². The molecule has 3 rings (SSSR count). The molecule has 0 bridgehead atoms. The third-order valence-corrected chi connectivity index (χ3v) is 5.39. The minimum Gasteiger partial charge on any atom is -0.473 e. The Morgan fingerprint density at radius 1 is 1.44 bits per heavy atom. The number of ether oxygens (including phenoxy) is 1. The molecule has 0 aliphatic heterocycles. The monoisotopic (exact) mass is 473 g/mol. The van der Waals surface area contributed by atoms with E-state index in [0.717, 1.165) is 4.68 Å². The van der Waals surface area contributed by atoms with E-state index < -0.39 is 34.1 Å². The summed E-state index contributed by atoms with van der Waals surface area (Å²) in [7, 11) is 0. The van der Waals surface area contributed by atoms with Crippen molar-refractivity contribution in [3.63, 3.8) is 0 Å². The van der Waals surface area contributed by atoms with Crippen LogP contribution in [0.4, 0.5) is 24.7 Å². The number of nitriles is 1. The molecule has 1 N–H and O–H groups in total. The van der Waals surface area contributed by atoms with Gasteiger partial charge in [0.1, 0.15) is 22.6 Å². The lowest BCUT2D eigenvalue weighted by molar-refractivity contribution is -0.386. The lowest BCUT2D eigenvalue weighted by atomic mass is 9.80. The van der Waals surface area contributed by atoms with Gasteiger partial charge in [-0.1, -0.05) is 0 Å². The Labute approximate surface area is 185 Å². The quantitative estimate of drug-likeness (QED) is 0.361. The highest BCUT2D eigenvalue weighted by Crippen LogP contribution is 2.39. The molecule has 2 atom stereocenters. The van der Waals surface area contributed by atoms with E-state index in [1.165, 1.54) is 20.8 Å². The minimum atomic E-state index is -4.67. The number of halogens is 4. The van der Waals surface area contributed by atoms with Crippen LogP contribution in [-0.4, -0.2) is 37.3 Å². The topological polar surface area (TPSA) is 132 Å². The van der Waals surface area contributed by atoms with Crippen LogP contribution in [0.25, 0.3) is 0 Å². The molecule has 0 amide bonds. The van der Waals surface area contributed by atoms with Gasteiger partial charge in [-0.25, -0.2) is 14.6 Å². The van der Waals surface area contributed by atoms with Crippen LogP contribution in [-0.2, 0) is 11.7 Å². The van der Waals surface area contributed by atoms with Crippen LogP contribution in [0.3, 0.4) is 0 Å². The van der Waals surface area contributed by atoms with E-state index in [1.807, 2.05) is 6.07 Å². The van der Waals surface area contributed by atoms with Crippen LogP contribution in [0, 0.1) is 34.3 Å². The molecule has 172 valence electrons. The summed E-state index contributed by atoms with van der Waals surface area (Å²) in [4.78, 5) is 17.9. The molecule has 0 aromatic carbocycles. The Morgan fingerprint density at radius 3 is 2.66 bits per heavy atom. The summed E-state index contributed by atoms with van der Waals surface area (Å²) in [5, 5.41) is 27.4. The van der Waals surface area contributed by atoms with Crippen LogP contribution < -0.4 is 10.1 Å². The van der Waals surface area contributed by atoms with Crippen molar-refractivity contribution in [1.29, 1.82) is 5.26 Å². The third-order valence-electron chi connectivity index (χ3n) is 5.21. The molecule has 2 aromatic heterocycles. The molecule has 1 aliphatic carbocycles. The number of rotatable bonds is 7. The fraction of sp³-hybridized carbons (Fsp3) is 0.556. The summed E-state index contributed by atoms with van der Waals surface area (Å²) < 4.78 is 46.6. The van der Waals surface area contributed by atoms with Crippen molar-refractivity contribution in [3.05, 3.63) is 32.9 Å². The van der Waals surface area contributed by atoms with Gasteiger partial charge in [-0.2, -0.15) is 23.5 Å². The number of aromatic nitrogens is 4. The Kier molecular flexibility index (Phi) is 6.19. The first kappa shape index (κ1) is 23.5. The first-order valence-electron chi connectivity index (χ1n) is 9.50. The SMILES string of the molecule is Cc1nn(C(C)(C)C#N)c(OC[C@@H]2CC[C@H]2Nc2nc(Cl)ncc2C(F)(F)F)c1[N+](=O)[O-]. The van der Waals surface area contributed by atoms with E-state index in [0.29, 0.717) is 19.0 Å². The van der Waals surface area contributed by atoms with Gasteiger partial charge in [0.05, 0.1) is 17.6 Å². The van der Waals surface area contributed by atoms with Crippen molar-refractivity contribution in [2.45, 2.75) is 51.4 Å². The Morgan fingerprint density at radius 2 is 2.12 bits per heavy atom. The average molecular weight is 474 g/mol. The zero-order valence-corrected chi connectivity index (χ0v) is 18.0. The van der Waals surface area contributed by atoms with Gasteiger partial charge < -0.3 is 10.1 Å². The number of alkyl halides is 3. The molecule has 0 radical (unpaired) electrons. The number of hydrogen-bond donors (Lipinski definition) is 1. The highest BCUT2D eigenvalue weighted by Gasteiger charge is 2.40. The van der Waals surface area contributed by atoms with Gasteiger partial charge in [0.15, 0.2) is 0 Å². The van der Waals surface area contributed by atoms with Gasteiger partial charge in [0.25, 0.3) is 5.88 Å². The second-order valence-electron chi connectivity index (χ2n) is 7.88. The molecular weight excluding hydrogens is 455 g/mol. The van der Waals surface area contributed by atoms with Gasteiger partial charge in [0.2, 0.25) is 5.28 Å². The molecule has 32 heavy (non-hydrogen) atoms. The molecule has 0 saturated heterocycles. The van der Waals surface area contributed by atoms with Crippen LogP contribution in [0.2, 0.25) is 5.28 Å². The molecule has 14 heteroatoms. The molecular formula is C18H19ClF3N7O3. The van der Waals surface area contributed by atoms with Gasteiger partial charge in [0, 0.05) is 18.2 Å². The number of hydrogen-bond acceptors (Lipinski definition) is 8. The zero-order valence-electron chi connectivity index (χ0n) is 17.3. The summed E-state index contributed by atoms with van der Waals surface area (Å²) in [5.41, 5.74) is -2.54. The summed E-state index contributed by atoms with van der Waals surface area (Å²) >= 11 is 5.66. The summed E-state index contributed by atoms with van der Waals surface area (Å²) in [6, 6.07) is 1.58. The average Bonchev–Trinajstić information content (AvgIpc) is 3.01. The number of nitrogens with zero attached hydrogens (tertiary/aromatic N) is 6. The molecule has 10 nitrogen and oxygen atoms in total. The van der Waals surface area contributed by atoms with E-state index in [9.17, 15) is 28.5 Å². The van der Waals surface area contributed by atoms with Gasteiger partial charge in [-0.3, -0.25) is 10.1 Å². The Balaban J connectivity index is 1.80. The molecule has 1 fully saturated rings. The van der Waals surface area contributed by atoms with Crippen molar-refractivity contribution in [2.24, 2.45) is 5.92 Å². The maximum Gasteiger partial charge on any atom is 0.421 e. The maximum atomic E-state index is 13.2. The Hall–Kier alpha value is -3.14. The lowest BCUT2D eigenvalue weighted by Gasteiger charge is -2.37. The normalized spacial score (nSPS) is 18.6. The second kappa shape index (κ2) is 8.42. The maximum absolute atomic E-state index is 13.2. The first-order valence-corrected chi connectivity index (χ1v) is 9.87. The van der Waals surface area contributed by atoms with Gasteiger partial charge in [-0.05, 0) is 45.2 Å². The third kappa shape index (κ3) is 4.55. The largest absolute Gasteiger partial charge is 0.473 e. The van der Waals surface area contributed by atoms with E-state index in [-0.39, 0.29) is 35.1 Å². The number of anilines is 1. The predicted octanol–water partition coefficient (Wildman–Crippen LogP) is 4.09. The van der Waals surface area contributed by atoms with Crippen LogP contribution >= 0.6 is 11.6 Å².